The van der Waals surface area contributed by atoms with Gasteiger partial charge in [0.15, 0.2) is 12.4 Å². The summed E-state index contributed by atoms with van der Waals surface area (Å²) in [5.41, 5.74) is 1.97. The average Bonchev–Trinajstić information content (AvgIpc) is 2.87. The number of carbonyl (C=O) groups excluding carboxylic acids is 3. The van der Waals surface area contributed by atoms with Gasteiger partial charge >= 0.3 is 5.97 Å². The molecule has 0 spiro atoms. The van der Waals surface area contributed by atoms with E-state index in [1.165, 1.54) is 12.1 Å². The van der Waals surface area contributed by atoms with Crippen molar-refractivity contribution in [1.82, 2.24) is 0 Å². The SMILES string of the molecule is C[C@@H]1C(=O)Nc2ccc(C(=O)COC(=O)c3ccc(F)cc3)cc21. The Labute approximate surface area is 137 Å². The molecule has 6 heteroatoms. The third-order valence-corrected chi connectivity index (χ3v) is 3.91. The first kappa shape index (κ1) is 15.9. The van der Waals surface area contributed by atoms with Crippen molar-refractivity contribution in [2.45, 2.75) is 12.8 Å². The molecule has 1 atom stereocenters. The number of carbonyl (C=O) groups is 3. The van der Waals surface area contributed by atoms with Gasteiger partial charge in [-0.25, -0.2) is 9.18 Å². The second kappa shape index (κ2) is 6.23. The molecule has 1 aliphatic rings. The topological polar surface area (TPSA) is 72.5 Å². The minimum atomic E-state index is -0.699. The van der Waals surface area contributed by atoms with E-state index in [2.05, 4.69) is 5.32 Å². The number of hydrogen-bond donors (Lipinski definition) is 1. The van der Waals surface area contributed by atoms with Gasteiger partial charge in [0.2, 0.25) is 5.91 Å². The van der Waals surface area contributed by atoms with Crippen LogP contribution in [0.3, 0.4) is 0 Å². The summed E-state index contributed by atoms with van der Waals surface area (Å²) >= 11 is 0. The Morgan fingerprint density at radius 1 is 1.12 bits per heavy atom. The van der Waals surface area contributed by atoms with Crippen LogP contribution >= 0.6 is 0 Å². The lowest BCUT2D eigenvalue weighted by Crippen LogP contribution is -2.14. The fourth-order valence-electron chi connectivity index (χ4n) is 2.47. The molecule has 2 aromatic rings. The molecule has 1 aliphatic heterocycles. The number of rotatable bonds is 4. The van der Waals surface area contributed by atoms with Crippen LogP contribution in [0.4, 0.5) is 10.1 Å². The summed E-state index contributed by atoms with van der Waals surface area (Å²) in [5.74, 6) is -1.97. The minimum Gasteiger partial charge on any atom is -0.454 e. The Bertz CT molecular complexity index is 829. The molecule has 1 amide bonds. The number of amides is 1. The molecule has 0 aliphatic carbocycles. The fourth-order valence-corrected chi connectivity index (χ4v) is 2.47. The molecule has 0 aromatic heterocycles. The number of hydrogen-bond acceptors (Lipinski definition) is 4. The van der Waals surface area contributed by atoms with Gasteiger partial charge in [-0.3, -0.25) is 9.59 Å². The predicted octanol–water partition coefficient (Wildman–Crippen LogP) is 2.92. The Morgan fingerprint density at radius 2 is 1.79 bits per heavy atom. The van der Waals surface area contributed by atoms with Crippen LogP contribution in [0.5, 0.6) is 0 Å². The highest BCUT2D eigenvalue weighted by Crippen LogP contribution is 2.32. The Kier molecular flexibility index (Phi) is 4.12. The zero-order chi connectivity index (χ0) is 17.3. The van der Waals surface area contributed by atoms with Crippen LogP contribution in [-0.4, -0.2) is 24.3 Å². The summed E-state index contributed by atoms with van der Waals surface area (Å²) < 4.78 is 17.8. The normalized spacial score (nSPS) is 15.6. The van der Waals surface area contributed by atoms with E-state index in [0.717, 1.165) is 17.7 Å². The molecule has 0 saturated carbocycles. The van der Waals surface area contributed by atoms with Crippen LogP contribution in [0.25, 0.3) is 0 Å². The summed E-state index contributed by atoms with van der Waals surface area (Å²) in [5, 5.41) is 2.72. The van der Waals surface area contributed by atoms with Crippen LogP contribution in [0.1, 0.15) is 39.1 Å². The number of fused-ring (bicyclic) bond motifs is 1. The van der Waals surface area contributed by atoms with Gasteiger partial charge in [0.25, 0.3) is 0 Å². The number of ketones is 1. The quantitative estimate of drug-likeness (QED) is 0.692. The molecule has 122 valence electrons. The van der Waals surface area contributed by atoms with Gasteiger partial charge in [0.05, 0.1) is 11.5 Å². The third kappa shape index (κ3) is 3.03. The summed E-state index contributed by atoms with van der Waals surface area (Å²) in [7, 11) is 0. The molecule has 0 saturated heterocycles. The second-order valence-electron chi connectivity index (χ2n) is 5.52. The van der Waals surface area contributed by atoms with E-state index in [9.17, 15) is 18.8 Å². The number of halogens is 1. The standard InChI is InChI=1S/C18H14FNO4/c1-10-14-8-12(4-7-15(14)20-17(10)22)16(21)9-24-18(23)11-2-5-13(19)6-3-11/h2-8,10H,9H2,1H3,(H,20,22)/t10-/m0/s1. The van der Waals surface area contributed by atoms with E-state index in [1.54, 1.807) is 25.1 Å². The average molecular weight is 327 g/mol. The molecule has 3 rings (SSSR count). The first-order chi connectivity index (χ1) is 11.5. The third-order valence-electron chi connectivity index (χ3n) is 3.91. The molecule has 1 N–H and O–H groups in total. The van der Waals surface area contributed by atoms with Gasteiger partial charge < -0.3 is 10.1 Å². The molecular weight excluding hydrogens is 313 g/mol. The van der Waals surface area contributed by atoms with Crippen molar-refractivity contribution in [3.63, 3.8) is 0 Å². The van der Waals surface area contributed by atoms with E-state index in [-0.39, 0.29) is 23.2 Å². The first-order valence-electron chi connectivity index (χ1n) is 7.36. The zero-order valence-corrected chi connectivity index (χ0v) is 12.8. The van der Waals surface area contributed by atoms with Crippen molar-refractivity contribution in [2.75, 3.05) is 11.9 Å². The van der Waals surface area contributed by atoms with E-state index < -0.39 is 18.4 Å². The van der Waals surface area contributed by atoms with Crippen LogP contribution in [0.15, 0.2) is 42.5 Å². The summed E-state index contributed by atoms with van der Waals surface area (Å²) in [6.07, 6.45) is 0. The number of nitrogens with one attached hydrogen (secondary N) is 1. The number of Topliss-reactive ketones (excluding diaryl/α,β-unsaturated/α-hetero) is 1. The van der Waals surface area contributed by atoms with Crippen molar-refractivity contribution >= 4 is 23.3 Å². The molecule has 0 radical (unpaired) electrons. The van der Waals surface area contributed by atoms with E-state index >= 15 is 0 Å². The second-order valence-corrected chi connectivity index (χ2v) is 5.52. The fraction of sp³-hybridized carbons (Fsp3) is 0.167. The predicted molar refractivity (Wildman–Crippen MR) is 84.5 cm³/mol. The molecule has 24 heavy (non-hydrogen) atoms. The molecule has 0 bridgehead atoms. The van der Waals surface area contributed by atoms with Crippen molar-refractivity contribution in [3.05, 3.63) is 65.0 Å². The lowest BCUT2D eigenvalue weighted by Gasteiger charge is -2.07. The van der Waals surface area contributed by atoms with Crippen LogP contribution in [-0.2, 0) is 9.53 Å². The van der Waals surface area contributed by atoms with Crippen molar-refractivity contribution < 1.29 is 23.5 Å². The van der Waals surface area contributed by atoms with E-state index in [0.29, 0.717) is 11.3 Å². The summed E-state index contributed by atoms with van der Waals surface area (Å²) in [4.78, 5) is 35.6. The smallest absolute Gasteiger partial charge is 0.338 e. The van der Waals surface area contributed by atoms with Crippen molar-refractivity contribution in [3.8, 4) is 0 Å². The summed E-state index contributed by atoms with van der Waals surface area (Å²) in [6, 6.07) is 9.73. The molecule has 1 heterocycles. The van der Waals surface area contributed by atoms with Gasteiger partial charge in [-0.05, 0) is 55.0 Å². The molecule has 2 aromatic carbocycles. The van der Waals surface area contributed by atoms with Gasteiger partial charge in [0, 0.05) is 11.3 Å². The number of ether oxygens (including phenoxy) is 1. The van der Waals surface area contributed by atoms with Crippen LogP contribution in [0.2, 0.25) is 0 Å². The first-order valence-corrected chi connectivity index (χ1v) is 7.36. The Hall–Kier alpha value is -3.02. The molecule has 5 nitrogen and oxygen atoms in total. The zero-order valence-electron chi connectivity index (χ0n) is 12.8. The monoisotopic (exact) mass is 327 g/mol. The van der Waals surface area contributed by atoms with Crippen molar-refractivity contribution in [1.29, 1.82) is 0 Å². The van der Waals surface area contributed by atoms with Gasteiger partial charge in [-0.15, -0.1) is 0 Å². The number of esters is 1. The Balaban J connectivity index is 1.67. The van der Waals surface area contributed by atoms with Gasteiger partial charge in [-0.1, -0.05) is 0 Å². The molecule has 0 fully saturated rings. The maximum absolute atomic E-state index is 12.8. The van der Waals surface area contributed by atoms with E-state index in [4.69, 9.17) is 4.74 Å². The van der Waals surface area contributed by atoms with Crippen LogP contribution in [0, 0.1) is 5.82 Å². The van der Waals surface area contributed by atoms with E-state index in [1.807, 2.05) is 0 Å². The highest BCUT2D eigenvalue weighted by Gasteiger charge is 2.27. The highest BCUT2D eigenvalue weighted by molar-refractivity contribution is 6.05. The number of benzene rings is 2. The largest absolute Gasteiger partial charge is 0.454 e. The minimum absolute atomic E-state index is 0.114. The van der Waals surface area contributed by atoms with Crippen LogP contribution < -0.4 is 5.32 Å². The lowest BCUT2D eigenvalue weighted by atomic mass is 9.99. The van der Waals surface area contributed by atoms with Gasteiger partial charge in [-0.2, -0.15) is 0 Å². The molecular formula is C18H14FNO4. The summed E-state index contributed by atoms with van der Waals surface area (Å²) in [6.45, 7) is 1.33. The van der Waals surface area contributed by atoms with Gasteiger partial charge in [0.1, 0.15) is 5.82 Å². The maximum Gasteiger partial charge on any atom is 0.338 e. The lowest BCUT2D eigenvalue weighted by molar-refractivity contribution is -0.116. The Morgan fingerprint density at radius 3 is 2.50 bits per heavy atom. The molecule has 0 unspecified atom stereocenters. The maximum atomic E-state index is 12.8. The number of anilines is 1. The van der Waals surface area contributed by atoms with Crippen molar-refractivity contribution in [2.24, 2.45) is 0 Å². The highest BCUT2D eigenvalue weighted by atomic mass is 19.1.